The largest absolute Gasteiger partial charge is 0.325 e. The van der Waals surface area contributed by atoms with E-state index in [1.165, 1.54) is 6.07 Å². The number of halogens is 3. The molecule has 1 atom stereocenters. The predicted octanol–water partition coefficient (Wildman–Crippen LogP) is 6.21. The number of carbonyl (C=O) groups is 2. The van der Waals surface area contributed by atoms with E-state index in [1.54, 1.807) is 54.6 Å². The van der Waals surface area contributed by atoms with Gasteiger partial charge >= 0.3 is 0 Å². The minimum Gasteiger partial charge on any atom is -0.325 e. The van der Waals surface area contributed by atoms with Crippen molar-refractivity contribution >= 4 is 40.6 Å². The van der Waals surface area contributed by atoms with Gasteiger partial charge in [0.1, 0.15) is 5.82 Å². The SMILES string of the molecule is O=C(c1ccccc1)c1cc(Cl)ccc1NC(=O)C1CCCN(Cc2c(F)cccc2Cl)C1. The van der Waals surface area contributed by atoms with Crippen molar-refractivity contribution in [1.82, 2.24) is 4.90 Å². The fourth-order valence-electron chi connectivity index (χ4n) is 4.11. The van der Waals surface area contributed by atoms with Gasteiger partial charge in [-0.2, -0.15) is 0 Å². The second kappa shape index (κ2) is 10.5. The van der Waals surface area contributed by atoms with Gasteiger partial charge in [-0.15, -0.1) is 0 Å². The van der Waals surface area contributed by atoms with Crippen molar-refractivity contribution in [2.24, 2.45) is 5.92 Å². The van der Waals surface area contributed by atoms with E-state index in [-0.39, 0.29) is 23.4 Å². The molecule has 4 nitrogen and oxygen atoms in total. The lowest BCUT2D eigenvalue weighted by Gasteiger charge is -2.32. The van der Waals surface area contributed by atoms with Crippen LogP contribution >= 0.6 is 23.2 Å². The normalized spacial score (nSPS) is 16.4. The van der Waals surface area contributed by atoms with Gasteiger partial charge < -0.3 is 5.32 Å². The fourth-order valence-corrected chi connectivity index (χ4v) is 4.51. The number of nitrogens with zero attached hydrogens (tertiary/aromatic N) is 1. The van der Waals surface area contributed by atoms with Crippen molar-refractivity contribution < 1.29 is 14.0 Å². The standard InChI is InChI=1S/C26H23Cl2FN2O2/c27-19-11-12-24(20(14-19)25(32)17-6-2-1-3-7-17)30-26(33)18-8-5-13-31(15-18)16-21-22(28)9-4-10-23(21)29/h1-4,6-7,9-12,14,18H,5,8,13,15-16H2,(H,30,33). The van der Waals surface area contributed by atoms with Gasteiger partial charge in [0, 0.05) is 39.8 Å². The first-order valence-electron chi connectivity index (χ1n) is 10.8. The molecule has 1 saturated heterocycles. The van der Waals surface area contributed by atoms with Gasteiger partial charge in [-0.25, -0.2) is 4.39 Å². The zero-order valence-corrected chi connectivity index (χ0v) is 19.4. The zero-order chi connectivity index (χ0) is 23.4. The molecule has 3 aromatic carbocycles. The molecule has 1 aliphatic heterocycles. The molecule has 7 heteroatoms. The monoisotopic (exact) mass is 484 g/mol. The van der Waals surface area contributed by atoms with E-state index in [9.17, 15) is 14.0 Å². The van der Waals surface area contributed by atoms with Crippen molar-refractivity contribution in [3.8, 4) is 0 Å². The summed E-state index contributed by atoms with van der Waals surface area (Å²) in [5.74, 6) is -1.03. The Morgan fingerprint density at radius 3 is 2.58 bits per heavy atom. The summed E-state index contributed by atoms with van der Waals surface area (Å²) in [5, 5.41) is 3.72. The van der Waals surface area contributed by atoms with E-state index in [2.05, 4.69) is 5.32 Å². The summed E-state index contributed by atoms with van der Waals surface area (Å²) in [7, 11) is 0. The van der Waals surface area contributed by atoms with Crippen LogP contribution in [0.5, 0.6) is 0 Å². The Hall–Kier alpha value is -2.73. The van der Waals surface area contributed by atoms with Crippen LogP contribution in [0.3, 0.4) is 0 Å². The lowest BCUT2D eigenvalue weighted by molar-refractivity contribution is -0.121. The van der Waals surface area contributed by atoms with Gasteiger partial charge in [0.15, 0.2) is 5.78 Å². The first kappa shape index (κ1) is 23.4. The second-order valence-corrected chi connectivity index (χ2v) is 8.99. The molecule has 1 N–H and O–H groups in total. The molecule has 3 aromatic rings. The number of likely N-dealkylation sites (tertiary alicyclic amines) is 1. The first-order valence-corrected chi connectivity index (χ1v) is 11.5. The smallest absolute Gasteiger partial charge is 0.228 e. The molecule has 1 heterocycles. The highest BCUT2D eigenvalue weighted by Gasteiger charge is 2.28. The zero-order valence-electron chi connectivity index (χ0n) is 17.9. The van der Waals surface area contributed by atoms with Crippen LogP contribution in [-0.2, 0) is 11.3 Å². The summed E-state index contributed by atoms with van der Waals surface area (Å²) in [5.41, 5.74) is 1.72. The summed E-state index contributed by atoms with van der Waals surface area (Å²) < 4.78 is 14.2. The number of benzene rings is 3. The third kappa shape index (κ3) is 5.61. The van der Waals surface area contributed by atoms with Gasteiger partial charge in [0.05, 0.1) is 11.6 Å². The van der Waals surface area contributed by atoms with E-state index in [1.807, 2.05) is 11.0 Å². The predicted molar refractivity (Wildman–Crippen MR) is 129 cm³/mol. The number of rotatable bonds is 6. The van der Waals surface area contributed by atoms with Gasteiger partial charge in [0.2, 0.25) is 5.91 Å². The molecule has 170 valence electrons. The maximum Gasteiger partial charge on any atom is 0.228 e. The Balaban J connectivity index is 1.49. The highest BCUT2D eigenvalue weighted by molar-refractivity contribution is 6.31. The first-order chi connectivity index (χ1) is 15.9. The molecule has 1 unspecified atom stereocenters. The van der Waals surface area contributed by atoms with E-state index in [0.717, 1.165) is 13.0 Å². The lowest BCUT2D eigenvalue weighted by atomic mass is 9.95. The molecule has 1 aliphatic rings. The van der Waals surface area contributed by atoms with E-state index >= 15 is 0 Å². The molecule has 0 saturated carbocycles. The summed E-state index contributed by atoms with van der Waals surface area (Å²) in [6, 6.07) is 18.4. The maximum absolute atomic E-state index is 14.2. The number of carbonyl (C=O) groups excluding carboxylic acids is 2. The molecule has 0 aromatic heterocycles. The lowest BCUT2D eigenvalue weighted by Crippen LogP contribution is -2.40. The molecule has 4 rings (SSSR count). The minimum absolute atomic E-state index is 0.177. The van der Waals surface area contributed by atoms with Crippen molar-refractivity contribution in [3.05, 3.63) is 99.3 Å². The van der Waals surface area contributed by atoms with Gasteiger partial charge in [-0.3, -0.25) is 14.5 Å². The Labute approximate surface area is 202 Å². The Bertz CT molecular complexity index is 1150. The van der Waals surface area contributed by atoms with Crippen LogP contribution in [0.4, 0.5) is 10.1 Å². The second-order valence-electron chi connectivity index (χ2n) is 8.15. The van der Waals surface area contributed by atoms with Crippen LogP contribution in [0, 0.1) is 11.7 Å². The Morgan fingerprint density at radius 1 is 1.03 bits per heavy atom. The third-order valence-electron chi connectivity index (χ3n) is 5.84. The maximum atomic E-state index is 14.2. The van der Waals surface area contributed by atoms with Crippen molar-refractivity contribution in [3.63, 3.8) is 0 Å². The van der Waals surface area contributed by atoms with E-state index in [4.69, 9.17) is 23.2 Å². The Morgan fingerprint density at radius 2 is 1.82 bits per heavy atom. The van der Waals surface area contributed by atoms with Crippen LogP contribution in [0.2, 0.25) is 10.0 Å². The number of anilines is 1. The molecular weight excluding hydrogens is 462 g/mol. The van der Waals surface area contributed by atoms with Crippen molar-refractivity contribution in [1.29, 1.82) is 0 Å². The summed E-state index contributed by atoms with van der Waals surface area (Å²) in [6.45, 7) is 1.58. The summed E-state index contributed by atoms with van der Waals surface area (Å²) in [4.78, 5) is 28.2. The number of piperidine rings is 1. The van der Waals surface area contributed by atoms with Crippen LogP contribution in [0.1, 0.15) is 34.3 Å². The number of nitrogens with one attached hydrogen (secondary N) is 1. The minimum atomic E-state index is -0.348. The van der Waals surface area contributed by atoms with Crippen LogP contribution in [0.15, 0.2) is 66.7 Å². The highest BCUT2D eigenvalue weighted by atomic mass is 35.5. The van der Waals surface area contributed by atoms with E-state index < -0.39 is 0 Å². The number of amides is 1. The fraction of sp³-hybridized carbons (Fsp3) is 0.231. The average Bonchev–Trinajstić information content (AvgIpc) is 2.83. The molecule has 1 fully saturated rings. The number of hydrogen-bond acceptors (Lipinski definition) is 3. The van der Waals surface area contributed by atoms with Crippen LogP contribution < -0.4 is 5.32 Å². The van der Waals surface area contributed by atoms with Crippen molar-refractivity contribution in [2.45, 2.75) is 19.4 Å². The molecule has 0 aliphatic carbocycles. The molecule has 33 heavy (non-hydrogen) atoms. The quantitative estimate of drug-likeness (QED) is 0.422. The molecule has 0 spiro atoms. The average molecular weight is 485 g/mol. The van der Waals surface area contributed by atoms with Crippen molar-refractivity contribution in [2.75, 3.05) is 18.4 Å². The molecule has 0 radical (unpaired) electrons. The molecule has 0 bridgehead atoms. The highest BCUT2D eigenvalue weighted by Crippen LogP contribution is 2.27. The number of hydrogen-bond donors (Lipinski definition) is 1. The van der Waals surface area contributed by atoms with Gasteiger partial charge in [-0.05, 0) is 49.7 Å². The Kier molecular flexibility index (Phi) is 7.43. The topological polar surface area (TPSA) is 49.4 Å². The van der Waals surface area contributed by atoms with Crippen LogP contribution in [0.25, 0.3) is 0 Å². The summed E-state index contributed by atoms with van der Waals surface area (Å²) in [6.07, 6.45) is 1.52. The summed E-state index contributed by atoms with van der Waals surface area (Å²) >= 11 is 12.3. The third-order valence-corrected chi connectivity index (χ3v) is 6.43. The molecule has 1 amide bonds. The van der Waals surface area contributed by atoms with E-state index in [0.29, 0.717) is 51.9 Å². The number of ketones is 1. The van der Waals surface area contributed by atoms with Gasteiger partial charge in [-0.1, -0.05) is 59.6 Å². The molecular formula is C26H23Cl2FN2O2. The van der Waals surface area contributed by atoms with Crippen LogP contribution in [-0.4, -0.2) is 29.7 Å². The van der Waals surface area contributed by atoms with Gasteiger partial charge in [0.25, 0.3) is 0 Å².